The van der Waals surface area contributed by atoms with Crippen LogP contribution in [0.3, 0.4) is 0 Å². The summed E-state index contributed by atoms with van der Waals surface area (Å²) >= 11 is 0. The van der Waals surface area contributed by atoms with Gasteiger partial charge in [0.25, 0.3) is 0 Å². The van der Waals surface area contributed by atoms with Crippen LogP contribution in [0.4, 0.5) is 0 Å². The molecule has 1 unspecified atom stereocenters. The fourth-order valence-corrected chi connectivity index (χ4v) is 1.14. The molecule has 0 aromatic rings. The Morgan fingerprint density at radius 3 is 2.14 bits per heavy atom. The zero-order valence-electron chi connectivity index (χ0n) is 10.5. The first kappa shape index (κ1) is 13.5. The molecule has 2 nitrogen and oxygen atoms in total. The minimum Gasteiger partial charge on any atom is -0.353 e. The third-order valence-electron chi connectivity index (χ3n) is 2.83. The molecule has 0 aliphatic carbocycles. The van der Waals surface area contributed by atoms with Gasteiger partial charge in [-0.2, -0.15) is 0 Å². The van der Waals surface area contributed by atoms with Crippen molar-refractivity contribution in [2.75, 3.05) is 0 Å². The lowest BCUT2D eigenvalue weighted by molar-refractivity contribution is -0.126. The molecule has 2 atom stereocenters. The number of carbonyl (C=O) groups is 1. The molecular weight excluding hydrogens is 174 g/mol. The molecular formula is C12H25NO. The summed E-state index contributed by atoms with van der Waals surface area (Å²) in [6.45, 7) is 12.6. The zero-order valence-corrected chi connectivity index (χ0v) is 10.5. The van der Waals surface area contributed by atoms with Crippen LogP contribution in [-0.4, -0.2) is 11.9 Å². The van der Waals surface area contributed by atoms with Gasteiger partial charge in [-0.3, -0.25) is 4.79 Å². The van der Waals surface area contributed by atoms with Crippen molar-refractivity contribution in [2.24, 2.45) is 11.3 Å². The average Bonchev–Trinajstić information content (AvgIpc) is 2.02. The van der Waals surface area contributed by atoms with Crippen LogP contribution in [0, 0.1) is 11.3 Å². The van der Waals surface area contributed by atoms with Gasteiger partial charge in [0, 0.05) is 12.0 Å². The Morgan fingerprint density at radius 1 is 1.29 bits per heavy atom. The molecule has 14 heavy (non-hydrogen) atoms. The topological polar surface area (TPSA) is 29.1 Å². The Bertz CT molecular complexity index is 181. The summed E-state index contributed by atoms with van der Waals surface area (Å²) in [5, 5.41) is 3.07. The van der Waals surface area contributed by atoms with Crippen molar-refractivity contribution < 1.29 is 4.79 Å². The molecule has 84 valence electrons. The first-order valence-corrected chi connectivity index (χ1v) is 5.59. The van der Waals surface area contributed by atoms with Crippen LogP contribution < -0.4 is 5.32 Å². The van der Waals surface area contributed by atoms with Crippen LogP contribution >= 0.6 is 0 Å². The van der Waals surface area contributed by atoms with Gasteiger partial charge in [-0.15, -0.1) is 0 Å². The predicted octanol–water partition coefficient (Wildman–Crippen LogP) is 2.97. The summed E-state index contributed by atoms with van der Waals surface area (Å²) < 4.78 is 0. The number of hydrogen-bond acceptors (Lipinski definition) is 1. The summed E-state index contributed by atoms with van der Waals surface area (Å²) in [6.07, 6.45) is 2.04. The molecule has 0 aliphatic rings. The zero-order chi connectivity index (χ0) is 11.4. The highest BCUT2D eigenvalue weighted by Gasteiger charge is 2.23. The number of hydrogen-bond donors (Lipinski definition) is 1. The Labute approximate surface area is 88.5 Å². The lowest BCUT2D eigenvalue weighted by atomic mass is 9.87. The quantitative estimate of drug-likeness (QED) is 0.741. The standard InChI is InChI=1S/C12H25NO/c1-7-8-9(2)11(14)13-10(3)12(4,5)6/h9-10H,7-8H2,1-6H3,(H,13,14)/t9?,10-/m1/s1. The Kier molecular flexibility index (Phi) is 5.17. The van der Waals surface area contributed by atoms with Crippen LogP contribution in [-0.2, 0) is 4.79 Å². The first-order valence-electron chi connectivity index (χ1n) is 5.59. The SMILES string of the molecule is CCCC(C)C(=O)N[C@H](C)C(C)(C)C. The van der Waals surface area contributed by atoms with Crippen molar-refractivity contribution in [2.45, 2.75) is 60.4 Å². The second kappa shape index (κ2) is 5.38. The fourth-order valence-electron chi connectivity index (χ4n) is 1.14. The van der Waals surface area contributed by atoms with E-state index in [1.807, 2.05) is 6.92 Å². The summed E-state index contributed by atoms with van der Waals surface area (Å²) in [5.41, 5.74) is 0.140. The Balaban J connectivity index is 4.06. The largest absolute Gasteiger partial charge is 0.353 e. The highest BCUT2D eigenvalue weighted by Crippen LogP contribution is 2.19. The molecule has 0 aromatic heterocycles. The molecule has 0 saturated heterocycles. The van der Waals surface area contributed by atoms with E-state index in [0.29, 0.717) is 0 Å². The van der Waals surface area contributed by atoms with E-state index in [0.717, 1.165) is 12.8 Å². The van der Waals surface area contributed by atoms with Gasteiger partial charge in [-0.25, -0.2) is 0 Å². The van der Waals surface area contributed by atoms with Crippen molar-refractivity contribution in [1.82, 2.24) is 5.32 Å². The summed E-state index contributed by atoms with van der Waals surface area (Å²) in [6, 6.07) is 0.231. The molecule has 0 spiro atoms. The number of amides is 1. The molecule has 0 bridgehead atoms. The first-order chi connectivity index (χ1) is 6.29. The highest BCUT2D eigenvalue weighted by molar-refractivity contribution is 5.78. The van der Waals surface area contributed by atoms with Crippen molar-refractivity contribution in [1.29, 1.82) is 0 Å². The predicted molar refractivity (Wildman–Crippen MR) is 61.1 cm³/mol. The van der Waals surface area contributed by atoms with Gasteiger partial charge < -0.3 is 5.32 Å². The number of carbonyl (C=O) groups excluding carboxylic acids is 1. The van der Waals surface area contributed by atoms with Gasteiger partial charge in [0.05, 0.1) is 0 Å². The number of rotatable bonds is 4. The van der Waals surface area contributed by atoms with Crippen molar-refractivity contribution in [3.63, 3.8) is 0 Å². The third-order valence-corrected chi connectivity index (χ3v) is 2.83. The Hall–Kier alpha value is -0.530. The van der Waals surface area contributed by atoms with Crippen LogP contribution in [0.2, 0.25) is 0 Å². The minimum absolute atomic E-state index is 0.140. The molecule has 2 heteroatoms. The van der Waals surface area contributed by atoms with E-state index in [1.54, 1.807) is 0 Å². The van der Waals surface area contributed by atoms with Crippen LogP contribution in [0.5, 0.6) is 0 Å². The maximum atomic E-state index is 11.7. The third kappa shape index (κ3) is 4.64. The van der Waals surface area contributed by atoms with E-state index in [1.165, 1.54) is 0 Å². The van der Waals surface area contributed by atoms with Crippen LogP contribution in [0.15, 0.2) is 0 Å². The van der Waals surface area contributed by atoms with Gasteiger partial charge in [0.15, 0.2) is 0 Å². The Morgan fingerprint density at radius 2 is 1.79 bits per heavy atom. The molecule has 1 amide bonds. The van der Waals surface area contributed by atoms with Crippen molar-refractivity contribution in [3.05, 3.63) is 0 Å². The summed E-state index contributed by atoms with van der Waals surface area (Å²) in [5.74, 6) is 0.332. The van der Waals surface area contributed by atoms with Gasteiger partial charge in [0.2, 0.25) is 5.91 Å². The molecule has 0 heterocycles. The van der Waals surface area contributed by atoms with Gasteiger partial charge in [0.1, 0.15) is 0 Å². The van der Waals surface area contributed by atoms with Gasteiger partial charge in [-0.05, 0) is 18.8 Å². The molecule has 0 aromatic carbocycles. The van der Waals surface area contributed by atoms with Crippen molar-refractivity contribution >= 4 is 5.91 Å². The van der Waals surface area contributed by atoms with Gasteiger partial charge >= 0.3 is 0 Å². The maximum Gasteiger partial charge on any atom is 0.223 e. The van der Waals surface area contributed by atoms with Crippen LogP contribution in [0.1, 0.15) is 54.4 Å². The summed E-state index contributed by atoms with van der Waals surface area (Å²) in [4.78, 5) is 11.7. The van der Waals surface area contributed by atoms with E-state index >= 15 is 0 Å². The van der Waals surface area contributed by atoms with E-state index < -0.39 is 0 Å². The van der Waals surface area contributed by atoms with E-state index in [4.69, 9.17) is 0 Å². The molecule has 0 aliphatic heterocycles. The molecule has 0 saturated carbocycles. The van der Waals surface area contributed by atoms with Crippen LogP contribution in [0.25, 0.3) is 0 Å². The minimum atomic E-state index is 0.140. The lowest BCUT2D eigenvalue weighted by Gasteiger charge is -2.29. The average molecular weight is 199 g/mol. The molecule has 1 N–H and O–H groups in total. The van der Waals surface area contributed by atoms with E-state index in [9.17, 15) is 4.79 Å². The maximum absolute atomic E-state index is 11.7. The van der Waals surface area contributed by atoms with E-state index in [2.05, 4.69) is 39.9 Å². The lowest BCUT2D eigenvalue weighted by Crippen LogP contribution is -2.43. The highest BCUT2D eigenvalue weighted by atomic mass is 16.1. The molecule has 0 fully saturated rings. The second-order valence-corrected chi connectivity index (χ2v) is 5.29. The van der Waals surface area contributed by atoms with Crippen molar-refractivity contribution in [3.8, 4) is 0 Å². The smallest absolute Gasteiger partial charge is 0.223 e. The van der Waals surface area contributed by atoms with Gasteiger partial charge in [-0.1, -0.05) is 41.0 Å². The second-order valence-electron chi connectivity index (χ2n) is 5.29. The van der Waals surface area contributed by atoms with E-state index in [-0.39, 0.29) is 23.3 Å². The fraction of sp³-hybridized carbons (Fsp3) is 0.917. The number of nitrogens with one attached hydrogen (secondary N) is 1. The molecule has 0 radical (unpaired) electrons. The normalized spacial score (nSPS) is 16.1. The summed E-state index contributed by atoms with van der Waals surface area (Å²) in [7, 11) is 0. The molecule has 0 rings (SSSR count). The monoisotopic (exact) mass is 199 g/mol.